The lowest BCUT2D eigenvalue weighted by atomic mass is 9.95. The molecule has 1 aliphatic heterocycles. The maximum atomic E-state index is 13.3. The summed E-state index contributed by atoms with van der Waals surface area (Å²) in [6.07, 6.45) is 3.29. The van der Waals surface area contributed by atoms with E-state index in [0.29, 0.717) is 39.3 Å². The number of H-pyrrole nitrogens is 1. The van der Waals surface area contributed by atoms with Gasteiger partial charge in [0.25, 0.3) is 0 Å². The molecule has 2 aliphatic rings. The lowest BCUT2D eigenvalue weighted by Gasteiger charge is -2.30. The topological polar surface area (TPSA) is 103 Å². The van der Waals surface area contributed by atoms with Crippen LogP contribution in [0.5, 0.6) is 0 Å². The van der Waals surface area contributed by atoms with Gasteiger partial charge in [-0.3, -0.25) is 9.78 Å². The molecule has 1 amide bonds. The highest BCUT2D eigenvalue weighted by Gasteiger charge is 2.48. The molecule has 0 spiro atoms. The van der Waals surface area contributed by atoms with E-state index in [1.807, 2.05) is 53.4 Å². The maximum absolute atomic E-state index is 13.3. The van der Waals surface area contributed by atoms with Gasteiger partial charge in [0.15, 0.2) is 0 Å². The minimum Gasteiger partial charge on any atom is -0.392 e. The number of aromatic nitrogens is 3. The van der Waals surface area contributed by atoms with Gasteiger partial charge in [-0.25, -0.2) is 4.98 Å². The summed E-state index contributed by atoms with van der Waals surface area (Å²) in [6, 6.07) is 15.6. The molecule has 172 valence electrons. The van der Waals surface area contributed by atoms with Crippen molar-refractivity contribution in [2.24, 2.45) is 5.92 Å². The lowest BCUT2D eigenvalue weighted by Crippen LogP contribution is -2.45. The van der Waals surface area contributed by atoms with Crippen molar-refractivity contribution in [1.29, 1.82) is 0 Å². The molecular weight excluding hydrogens is 418 g/mol. The number of aliphatic hydroxyl groups is 1. The first-order valence-electron chi connectivity index (χ1n) is 11.5. The third-order valence-corrected chi connectivity index (χ3v) is 6.63. The van der Waals surface area contributed by atoms with E-state index in [2.05, 4.69) is 20.3 Å². The van der Waals surface area contributed by atoms with Gasteiger partial charge >= 0.3 is 0 Å². The van der Waals surface area contributed by atoms with Crippen LogP contribution in [0, 0.1) is 5.92 Å². The molecule has 1 saturated heterocycles. The fourth-order valence-corrected chi connectivity index (χ4v) is 4.91. The van der Waals surface area contributed by atoms with Crippen molar-refractivity contribution in [1.82, 2.24) is 25.2 Å². The summed E-state index contributed by atoms with van der Waals surface area (Å²) in [5.74, 6) is -0.00330. The fourth-order valence-electron chi connectivity index (χ4n) is 4.91. The number of carbonyl (C=O) groups excluding carboxylic acids is 1. The van der Waals surface area contributed by atoms with Crippen LogP contribution < -0.4 is 5.32 Å². The van der Waals surface area contributed by atoms with Crippen LogP contribution in [-0.2, 0) is 16.1 Å². The molecule has 0 radical (unpaired) electrons. The third kappa shape index (κ3) is 4.68. The summed E-state index contributed by atoms with van der Waals surface area (Å²) < 4.78 is 5.39. The molecular formula is C25H29N5O3. The van der Waals surface area contributed by atoms with Gasteiger partial charge in [-0.05, 0) is 18.6 Å². The maximum Gasteiger partial charge on any atom is 0.228 e. The zero-order valence-electron chi connectivity index (χ0n) is 18.4. The highest BCUT2D eigenvalue weighted by Crippen LogP contribution is 2.40. The van der Waals surface area contributed by atoms with Gasteiger partial charge in [-0.15, -0.1) is 0 Å². The number of aliphatic hydroxyl groups excluding tert-OH is 1. The Kier molecular flexibility index (Phi) is 6.48. The Bertz CT molecular complexity index is 1050. The number of carbonyl (C=O) groups is 1. The van der Waals surface area contributed by atoms with Gasteiger partial charge < -0.3 is 25.0 Å². The molecule has 5 rings (SSSR count). The van der Waals surface area contributed by atoms with Crippen molar-refractivity contribution >= 4 is 5.91 Å². The molecule has 2 fully saturated rings. The molecule has 0 bridgehead atoms. The summed E-state index contributed by atoms with van der Waals surface area (Å²) >= 11 is 0. The first kappa shape index (κ1) is 21.8. The van der Waals surface area contributed by atoms with E-state index in [1.165, 1.54) is 0 Å². The first-order valence-corrected chi connectivity index (χ1v) is 11.5. The number of nitrogens with one attached hydrogen (secondary N) is 2. The van der Waals surface area contributed by atoms with E-state index in [0.717, 1.165) is 22.8 Å². The Morgan fingerprint density at radius 3 is 2.67 bits per heavy atom. The largest absolute Gasteiger partial charge is 0.392 e. The van der Waals surface area contributed by atoms with Crippen molar-refractivity contribution in [3.05, 3.63) is 72.3 Å². The van der Waals surface area contributed by atoms with Crippen molar-refractivity contribution in [3.8, 4) is 11.4 Å². The Hall–Kier alpha value is -3.07. The van der Waals surface area contributed by atoms with Gasteiger partial charge in [0.1, 0.15) is 5.82 Å². The number of amides is 1. The minimum absolute atomic E-state index is 0.000680. The zero-order chi connectivity index (χ0) is 22.6. The Morgan fingerprint density at radius 1 is 1.12 bits per heavy atom. The molecule has 0 unspecified atom stereocenters. The number of imidazole rings is 1. The lowest BCUT2D eigenvalue weighted by molar-refractivity contribution is -0.142. The summed E-state index contributed by atoms with van der Waals surface area (Å²) in [5, 5.41) is 14.9. The second kappa shape index (κ2) is 9.82. The van der Waals surface area contributed by atoms with E-state index in [9.17, 15) is 9.90 Å². The van der Waals surface area contributed by atoms with Crippen LogP contribution in [-0.4, -0.2) is 69.3 Å². The highest BCUT2D eigenvalue weighted by molar-refractivity contribution is 5.80. The van der Waals surface area contributed by atoms with E-state index in [4.69, 9.17) is 4.74 Å². The molecule has 2 aromatic heterocycles. The monoisotopic (exact) mass is 447 g/mol. The molecule has 33 heavy (non-hydrogen) atoms. The normalized spacial score (nSPS) is 25.3. The molecule has 3 heterocycles. The van der Waals surface area contributed by atoms with E-state index < -0.39 is 12.0 Å². The Morgan fingerprint density at radius 2 is 1.91 bits per heavy atom. The average molecular weight is 448 g/mol. The molecule has 4 atom stereocenters. The molecule has 1 saturated carbocycles. The second-order valence-corrected chi connectivity index (χ2v) is 8.66. The van der Waals surface area contributed by atoms with Gasteiger partial charge in [0, 0.05) is 55.2 Å². The number of nitrogens with zero attached hydrogens (tertiary/aromatic N) is 3. The number of benzene rings is 1. The molecule has 8 heteroatoms. The highest BCUT2D eigenvalue weighted by atomic mass is 16.5. The van der Waals surface area contributed by atoms with Crippen molar-refractivity contribution < 1.29 is 14.6 Å². The Balaban J connectivity index is 1.39. The van der Waals surface area contributed by atoms with Crippen LogP contribution in [0.25, 0.3) is 11.4 Å². The number of aromatic amines is 1. The van der Waals surface area contributed by atoms with Crippen LogP contribution >= 0.6 is 0 Å². The minimum atomic E-state index is -0.814. The second-order valence-electron chi connectivity index (χ2n) is 8.66. The molecule has 3 aromatic rings. The molecule has 3 N–H and O–H groups in total. The van der Waals surface area contributed by atoms with E-state index in [1.54, 1.807) is 12.4 Å². The average Bonchev–Trinajstić information content (AvgIpc) is 3.48. The van der Waals surface area contributed by atoms with Gasteiger partial charge in [0.05, 0.1) is 30.9 Å². The van der Waals surface area contributed by atoms with E-state index in [-0.39, 0.29) is 17.9 Å². The summed E-state index contributed by atoms with van der Waals surface area (Å²) in [4.78, 5) is 27.4. The van der Waals surface area contributed by atoms with Crippen molar-refractivity contribution in [2.75, 3.05) is 26.3 Å². The molecule has 8 nitrogen and oxygen atoms in total. The quantitative estimate of drug-likeness (QED) is 0.534. The van der Waals surface area contributed by atoms with E-state index >= 15 is 0 Å². The standard InChI is InChI=1S/C25H29N5O3/c31-23-19(25(32)30-10-12-33-13-11-30)14-20(27-15-18-8-4-5-9-26-18)22(23)21-16-28-24(29-21)17-6-2-1-3-7-17/h1-9,16,19-20,22-23,27,31H,10-15H2,(H,28,29)/t19-,20+,22+,23+/m0/s1. The predicted octanol–water partition coefficient (Wildman–Crippen LogP) is 1.95. The summed E-state index contributed by atoms with van der Waals surface area (Å²) in [6.45, 7) is 2.79. The number of rotatable bonds is 6. The number of hydrogen-bond acceptors (Lipinski definition) is 6. The van der Waals surface area contributed by atoms with Crippen molar-refractivity contribution in [2.45, 2.75) is 31.0 Å². The van der Waals surface area contributed by atoms with Crippen LogP contribution in [0.4, 0.5) is 0 Å². The molecule has 1 aliphatic carbocycles. The van der Waals surface area contributed by atoms with Crippen LogP contribution in [0.1, 0.15) is 23.7 Å². The van der Waals surface area contributed by atoms with Crippen LogP contribution in [0.2, 0.25) is 0 Å². The van der Waals surface area contributed by atoms with Gasteiger partial charge in [0.2, 0.25) is 5.91 Å². The van der Waals surface area contributed by atoms with Gasteiger partial charge in [-0.2, -0.15) is 0 Å². The molecule has 1 aromatic carbocycles. The number of ether oxygens (including phenoxy) is 1. The summed E-state index contributed by atoms with van der Waals surface area (Å²) in [7, 11) is 0. The third-order valence-electron chi connectivity index (χ3n) is 6.63. The zero-order valence-corrected chi connectivity index (χ0v) is 18.4. The Labute approximate surface area is 193 Å². The van der Waals surface area contributed by atoms with Gasteiger partial charge in [-0.1, -0.05) is 36.4 Å². The fraction of sp³-hybridized carbons (Fsp3) is 0.400. The van der Waals surface area contributed by atoms with Crippen LogP contribution in [0.15, 0.2) is 60.9 Å². The summed E-state index contributed by atoms with van der Waals surface area (Å²) in [5.41, 5.74) is 2.73. The number of pyridine rings is 1. The smallest absolute Gasteiger partial charge is 0.228 e. The number of morpholine rings is 1. The predicted molar refractivity (Wildman–Crippen MR) is 123 cm³/mol. The van der Waals surface area contributed by atoms with Crippen LogP contribution in [0.3, 0.4) is 0 Å². The SMILES string of the molecule is O=C([C@H]1C[C@@H](NCc2ccccn2)[C@H](c2cnc(-c3ccccc3)[nH]2)[C@@H]1O)N1CCOCC1. The van der Waals surface area contributed by atoms with Crippen molar-refractivity contribution in [3.63, 3.8) is 0 Å². The first-order chi connectivity index (χ1) is 16.2. The number of hydrogen-bond donors (Lipinski definition) is 3.